The molecule has 0 aliphatic heterocycles. The Balaban J connectivity index is 1.66. The maximum Gasteiger partial charge on any atom is 0.191 e. The van der Waals surface area contributed by atoms with Gasteiger partial charge in [0.05, 0.1) is 13.2 Å². The molecule has 0 aliphatic carbocycles. The molecule has 0 bridgehead atoms. The number of ether oxygens (including phenoxy) is 1. The van der Waals surface area contributed by atoms with Crippen LogP contribution in [-0.4, -0.2) is 26.2 Å². The number of nitrogens with zero attached hydrogens (tertiary/aromatic N) is 1. The third-order valence-electron chi connectivity index (χ3n) is 3.76. The van der Waals surface area contributed by atoms with Crippen LogP contribution in [-0.2, 0) is 17.9 Å². The molecule has 0 saturated heterocycles. The molecule has 1 atom stereocenters. The summed E-state index contributed by atoms with van der Waals surface area (Å²) in [5, 5.41) is 6.37. The SMILES string of the molecule is CN=C(NCc1ccccc1F)NCC(C)COCc1ccccc1. The van der Waals surface area contributed by atoms with Gasteiger partial charge in [-0.05, 0) is 17.5 Å². The highest BCUT2D eigenvalue weighted by Gasteiger charge is 2.06. The van der Waals surface area contributed by atoms with Gasteiger partial charge in [-0.25, -0.2) is 4.39 Å². The van der Waals surface area contributed by atoms with Crippen molar-refractivity contribution in [1.29, 1.82) is 0 Å². The van der Waals surface area contributed by atoms with Crippen LogP contribution in [0.2, 0.25) is 0 Å². The normalized spacial score (nSPS) is 12.7. The molecule has 25 heavy (non-hydrogen) atoms. The smallest absolute Gasteiger partial charge is 0.191 e. The van der Waals surface area contributed by atoms with Gasteiger partial charge in [-0.1, -0.05) is 55.5 Å². The van der Waals surface area contributed by atoms with Gasteiger partial charge in [0.15, 0.2) is 5.96 Å². The predicted molar refractivity (Wildman–Crippen MR) is 99.9 cm³/mol. The molecular weight excluding hydrogens is 317 g/mol. The fourth-order valence-electron chi connectivity index (χ4n) is 2.32. The largest absolute Gasteiger partial charge is 0.376 e. The molecule has 2 aromatic rings. The van der Waals surface area contributed by atoms with Gasteiger partial charge in [0.25, 0.3) is 0 Å². The summed E-state index contributed by atoms with van der Waals surface area (Å²) < 4.78 is 19.4. The van der Waals surface area contributed by atoms with Crippen LogP contribution in [0.4, 0.5) is 4.39 Å². The van der Waals surface area contributed by atoms with E-state index in [-0.39, 0.29) is 5.82 Å². The third-order valence-corrected chi connectivity index (χ3v) is 3.76. The van der Waals surface area contributed by atoms with Crippen LogP contribution in [0.3, 0.4) is 0 Å². The third kappa shape index (κ3) is 6.93. The molecule has 4 nitrogen and oxygen atoms in total. The maximum atomic E-state index is 13.6. The summed E-state index contributed by atoms with van der Waals surface area (Å²) in [6, 6.07) is 16.8. The molecule has 2 N–H and O–H groups in total. The summed E-state index contributed by atoms with van der Waals surface area (Å²) in [6.07, 6.45) is 0. The highest BCUT2D eigenvalue weighted by Crippen LogP contribution is 2.05. The first-order valence-electron chi connectivity index (χ1n) is 8.48. The van der Waals surface area contributed by atoms with Crippen LogP contribution in [0.25, 0.3) is 0 Å². The first-order chi connectivity index (χ1) is 12.2. The fraction of sp³-hybridized carbons (Fsp3) is 0.350. The van der Waals surface area contributed by atoms with Gasteiger partial charge >= 0.3 is 0 Å². The second-order valence-corrected chi connectivity index (χ2v) is 6.00. The van der Waals surface area contributed by atoms with Crippen LogP contribution in [0.1, 0.15) is 18.1 Å². The summed E-state index contributed by atoms with van der Waals surface area (Å²) in [7, 11) is 1.70. The van der Waals surface area contributed by atoms with Gasteiger partial charge in [0.2, 0.25) is 0 Å². The standard InChI is InChI=1S/C20H26FN3O/c1-16(14-25-15-17-8-4-3-5-9-17)12-23-20(22-2)24-13-18-10-6-7-11-19(18)21/h3-11,16H,12-15H2,1-2H3,(H2,22,23,24). The van der Waals surface area contributed by atoms with E-state index in [2.05, 4.69) is 34.7 Å². The van der Waals surface area contributed by atoms with Crippen molar-refractivity contribution in [2.45, 2.75) is 20.1 Å². The van der Waals surface area contributed by atoms with E-state index in [1.165, 1.54) is 11.6 Å². The minimum atomic E-state index is -0.215. The topological polar surface area (TPSA) is 45.7 Å². The molecule has 0 amide bonds. The van der Waals surface area contributed by atoms with Gasteiger partial charge < -0.3 is 15.4 Å². The second-order valence-electron chi connectivity index (χ2n) is 6.00. The van der Waals surface area contributed by atoms with Crippen molar-refractivity contribution in [2.24, 2.45) is 10.9 Å². The van der Waals surface area contributed by atoms with Crippen molar-refractivity contribution < 1.29 is 9.13 Å². The number of hydrogen-bond acceptors (Lipinski definition) is 2. The molecule has 0 saturated carbocycles. The molecule has 5 heteroatoms. The number of rotatable bonds is 8. The molecular formula is C20H26FN3O. The number of benzene rings is 2. The van der Waals surface area contributed by atoms with Crippen LogP contribution < -0.4 is 10.6 Å². The van der Waals surface area contributed by atoms with Crippen molar-refractivity contribution in [2.75, 3.05) is 20.2 Å². The zero-order valence-electron chi connectivity index (χ0n) is 14.8. The average molecular weight is 343 g/mol. The van der Waals surface area contributed by atoms with Crippen molar-refractivity contribution in [1.82, 2.24) is 10.6 Å². The van der Waals surface area contributed by atoms with Crippen LogP contribution in [0, 0.1) is 11.7 Å². The fourth-order valence-corrected chi connectivity index (χ4v) is 2.32. The lowest BCUT2D eigenvalue weighted by atomic mass is 10.2. The van der Waals surface area contributed by atoms with Gasteiger partial charge in [0, 0.05) is 25.7 Å². The maximum absolute atomic E-state index is 13.6. The zero-order valence-corrected chi connectivity index (χ0v) is 14.8. The number of hydrogen-bond donors (Lipinski definition) is 2. The average Bonchev–Trinajstić information content (AvgIpc) is 2.64. The predicted octanol–water partition coefficient (Wildman–Crippen LogP) is 3.34. The Morgan fingerprint density at radius 3 is 2.52 bits per heavy atom. The summed E-state index contributed by atoms with van der Waals surface area (Å²) in [5.74, 6) is 0.766. The molecule has 0 heterocycles. The quantitative estimate of drug-likeness (QED) is 0.571. The van der Waals surface area contributed by atoms with E-state index in [9.17, 15) is 4.39 Å². The van der Waals surface area contributed by atoms with Crippen LogP contribution in [0.5, 0.6) is 0 Å². The molecule has 134 valence electrons. The van der Waals surface area contributed by atoms with Gasteiger partial charge in [-0.15, -0.1) is 0 Å². The van der Waals surface area contributed by atoms with E-state index in [0.29, 0.717) is 37.2 Å². The van der Waals surface area contributed by atoms with E-state index in [1.807, 2.05) is 24.3 Å². The van der Waals surface area contributed by atoms with Crippen molar-refractivity contribution >= 4 is 5.96 Å². The van der Waals surface area contributed by atoms with Gasteiger partial charge in [-0.3, -0.25) is 4.99 Å². The first-order valence-corrected chi connectivity index (χ1v) is 8.48. The minimum Gasteiger partial charge on any atom is -0.376 e. The van der Waals surface area contributed by atoms with Crippen LogP contribution in [0.15, 0.2) is 59.6 Å². The summed E-state index contributed by atoms with van der Waals surface area (Å²) in [4.78, 5) is 4.16. The molecule has 1 unspecified atom stereocenters. The zero-order chi connectivity index (χ0) is 17.9. The van der Waals surface area contributed by atoms with E-state index in [0.717, 1.165) is 6.54 Å². The Bertz CT molecular complexity index is 661. The number of aliphatic imine (C=N–C) groups is 1. The molecule has 0 radical (unpaired) electrons. The Hall–Kier alpha value is -2.40. The number of guanidine groups is 1. The molecule has 0 fully saturated rings. The number of halogens is 1. The Kier molecular flexibility index (Phi) is 7.92. The van der Waals surface area contributed by atoms with E-state index >= 15 is 0 Å². The monoisotopic (exact) mass is 343 g/mol. The lowest BCUT2D eigenvalue weighted by molar-refractivity contribution is 0.0931. The summed E-state index contributed by atoms with van der Waals surface area (Å²) in [5.41, 5.74) is 1.79. The van der Waals surface area contributed by atoms with Gasteiger partial charge in [-0.2, -0.15) is 0 Å². The van der Waals surface area contributed by atoms with Crippen molar-refractivity contribution in [3.05, 3.63) is 71.5 Å². The van der Waals surface area contributed by atoms with E-state index < -0.39 is 0 Å². The first kappa shape index (κ1) is 18.9. The molecule has 0 aliphatic rings. The Morgan fingerprint density at radius 1 is 1.08 bits per heavy atom. The highest BCUT2D eigenvalue weighted by atomic mass is 19.1. The molecule has 0 aromatic heterocycles. The Labute approximate surface area is 149 Å². The summed E-state index contributed by atoms with van der Waals surface area (Å²) in [6.45, 7) is 4.51. The van der Waals surface area contributed by atoms with Crippen LogP contribution >= 0.6 is 0 Å². The Morgan fingerprint density at radius 2 is 1.80 bits per heavy atom. The lowest BCUT2D eigenvalue weighted by Gasteiger charge is -2.16. The van der Waals surface area contributed by atoms with Gasteiger partial charge in [0.1, 0.15) is 5.82 Å². The van der Waals surface area contributed by atoms with E-state index in [1.54, 1.807) is 19.2 Å². The minimum absolute atomic E-state index is 0.215. The molecule has 0 spiro atoms. The van der Waals surface area contributed by atoms with Crippen molar-refractivity contribution in [3.8, 4) is 0 Å². The molecule has 2 rings (SSSR count). The lowest BCUT2D eigenvalue weighted by Crippen LogP contribution is -2.39. The summed E-state index contributed by atoms with van der Waals surface area (Å²) >= 11 is 0. The highest BCUT2D eigenvalue weighted by molar-refractivity contribution is 5.79. The van der Waals surface area contributed by atoms with E-state index in [4.69, 9.17) is 4.74 Å². The second kappa shape index (κ2) is 10.5. The molecule has 2 aromatic carbocycles. The number of nitrogens with one attached hydrogen (secondary N) is 2. The van der Waals surface area contributed by atoms with Crippen molar-refractivity contribution in [3.63, 3.8) is 0 Å².